The van der Waals surface area contributed by atoms with Crippen molar-refractivity contribution in [1.29, 1.82) is 0 Å². The van der Waals surface area contributed by atoms with Crippen molar-refractivity contribution in [2.24, 2.45) is 5.92 Å². The Morgan fingerprint density at radius 2 is 2.10 bits per heavy atom. The lowest BCUT2D eigenvalue weighted by Gasteiger charge is -2.37. The number of halogens is 1. The van der Waals surface area contributed by atoms with E-state index in [1.54, 1.807) is 6.20 Å². The van der Waals surface area contributed by atoms with Gasteiger partial charge in [0.15, 0.2) is 11.6 Å². The van der Waals surface area contributed by atoms with Gasteiger partial charge in [-0.15, -0.1) is 0 Å². The molecule has 2 saturated heterocycles. The number of benzene rings is 1. The van der Waals surface area contributed by atoms with Crippen molar-refractivity contribution in [2.75, 3.05) is 49.2 Å². The molecule has 2 unspecified atom stereocenters. The minimum Gasteiger partial charge on any atom is -0.488 e. The number of carbonyl (C=O) groups is 1. The van der Waals surface area contributed by atoms with Crippen LogP contribution in [0.15, 0.2) is 30.8 Å². The predicted molar refractivity (Wildman–Crippen MR) is 139 cm³/mol. The number of rotatable bonds is 9. The minimum atomic E-state index is -3.22. The Morgan fingerprint density at radius 1 is 1.26 bits per heavy atom. The molecule has 1 aromatic carbocycles. The van der Waals surface area contributed by atoms with Gasteiger partial charge in [0.2, 0.25) is 10.0 Å². The molecule has 39 heavy (non-hydrogen) atoms. The Bertz CT molecular complexity index is 1420. The molecule has 4 heterocycles. The zero-order chi connectivity index (χ0) is 27.1. The third-order valence-electron chi connectivity index (χ3n) is 7.27. The Hall–Kier alpha value is -3.49. The number of nitrogens with zero attached hydrogens (tertiary/aromatic N) is 4. The number of cyclic esters (lactones) is 1. The number of anilines is 2. The highest BCUT2D eigenvalue weighted by molar-refractivity contribution is 7.88. The topological polar surface area (TPSA) is 135 Å². The van der Waals surface area contributed by atoms with Crippen molar-refractivity contribution >= 4 is 27.8 Å². The highest BCUT2D eigenvalue weighted by Crippen LogP contribution is 2.33. The number of fused-ring (bicyclic) bond motifs is 2. The van der Waals surface area contributed by atoms with Gasteiger partial charge in [-0.1, -0.05) is 0 Å². The first kappa shape index (κ1) is 25.8. The minimum absolute atomic E-state index is 0.242. The van der Waals surface area contributed by atoms with E-state index in [0.29, 0.717) is 61.3 Å². The maximum atomic E-state index is 14.8. The second-order valence-electron chi connectivity index (χ2n) is 10.2. The first-order valence-electron chi connectivity index (χ1n) is 12.8. The molecule has 6 rings (SSSR count). The van der Waals surface area contributed by atoms with Crippen LogP contribution in [0.25, 0.3) is 0 Å². The molecule has 0 bridgehead atoms. The summed E-state index contributed by atoms with van der Waals surface area (Å²) in [5, 5.41) is 6.35. The molecule has 2 fully saturated rings. The summed E-state index contributed by atoms with van der Waals surface area (Å²) >= 11 is 0. The summed E-state index contributed by atoms with van der Waals surface area (Å²) in [5.74, 6) is 1.55. The summed E-state index contributed by atoms with van der Waals surface area (Å²) in [5.41, 5.74) is 1.64. The fourth-order valence-electron chi connectivity index (χ4n) is 5.22. The van der Waals surface area contributed by atoms with Crippen LogP contribution in [0.3, 0.4) is 0 Å². The molecule has 1 aromatic heterocycles. The molecule has 2 atom stereocenters. The molecule has 0 radical (unpaired) electrons. The van der Waals surface area contributed by atoms with Crippen molar-refractivity contribution < 1.29 is 31.8 Å². The number of amides is 1. The third kappa shape index (κ3) is 5.49. The van der Waals surface area contributed by atoms with Crippen molar-refractivity contribution in [3.05, 3.63) is 47.7 Å². The van der Waals surface area contributed by atoms with E-state index in [4.69, 9.17) is 14.2 Å². The molecule has 0 saturated carbocycles. The molecule has 1 aliphatic carbocycles. The predicted octanol–water partition coefficient (Wildman–Crippen LogP) is 1.63. The lowest BCUT2D eigenvalue weighted by molar-refractivity contribution is 0.0763. The van der Waals surface area contributed by atoms with E-state index >= 15 is 0 Å². The van der Waals surface area contributed by atoms with Crippen LogP contribution in [0.5, 0.6) is 11.6 Å². The summed E-state index contributed by atoms with van der Waals surface area (Å²) in [7, 11) is -3.22. The third-order valence-corrected chi connectivity index (χ3v) is 8.51. The monoisotopic (exact) mass is 560 g/mol. The second-order valence-corrected chi connectivity index (χ2v) is 12.2. The molecule has 2 aromatic rings. The van der Waals surface area contributed by atoms with E-state index in [2.05, 4.69) is 20.6 Å². The van der Waals surface area contributed by atoms with Crippen LogP contribution >= 0.6 is 0 Å². The van der Waals surface area contributed by atoms with Gasteiger partial charge in [0.1, 0.15) is 30.0 Å². The summed E-state index contributed by atoms with van der Waals surface area (Å²) in [6, 6.07) is 3.26. The lowest BCUT2D eigenvalue weighted by Crippen LogP contribution is -2.55. The van der Waals surface area contributed by atoms with Gasteiger partial charge < -0.3 is 24.8 Å². The van der Waals surface area contributed by atoms with Crippen molar-refractivity contribution in [1.82, 2.24) is 19.6 Å². The standard InChI is InChI=1S/C25H29FN6O6S/c1-39(34,35)31-12-19(13-31)37-18-8-16-6-15(7-20(16)21(26)9-18)10-27-3-2-17-14-32(25(33)38-17)22-11-29-24-23(30-22)28-4-5-36-24/h4-5,8-9,11,15,17,19,27H,2-3,6-7,10,12-14H2,1H3,(H,28,30). The highest BCUT2D eigenvalue weighted by Gasteiger charge is 2.36. The molecule has 208 valence electrons. The molecule has 4 aliphatic rings. The van der Waals surface area contributed by atoms with E-state index in [-0.39, 0.29) is 37.0 Å². The maximum Gasteiger partial charge on any atom is 0.415 e. The van der Waals surface area contributed by atoms with Crippen molar-refractivity contribution in [3.63, 3.8) is 0 Å². The molecular weight excluding hydrogens is 531 g/mol. The van der Waals surface area contributed by atoms with Gasteiger partial charge in [0.25, 0.3) is 5.88 Å². The van der Waals surface area contributed by atoms with E-state index in [1.807, 2.05) is 6.07 Å². The molecular formula is C25H29FN6O6S. The highest BCUT2D eigenvalue weighted by atomic mass is 32.2. The SMILES string of the molecule is CS(=O)(=O)N1CC(Oc2cc(F)c3c(c2)CC(CNCCC2CN(c4cnc5c(n4)NC=CO5)C(=O)O2)C3)C1. The van der Waals surface area contributed by atoms with Crippen LogP contribution in [0.2, 0.25) is 0 Å². The van der Waals surface area contributed by atoms with E-state index < -0.39 is 16.1 Å². The van der Waals surface area contributed by atoms with E-state index in [0.717, 1.165) is 12.0 Å². The zero-order valence-corrected chi connectivity index (χ0v) is 22.1. The molecule has 2 N–H and O–H groups in total. The smallest absolute Gasteiger partial charge is 0.415 e. The molecule has 14 heteroatoms. The van der Waals surface area contributed by atoms with E-state index in [9.17, 15) is 17.6 Å². The van der Waals surface area contributed by atoms with Crippen LogP contribution in [0, 0.1) is 11.7 Å². The van der Waals surface area contributed by atoms with Crippen molar-refractivity contribution in [3.8, 4) is 11.6 Å². The number of carbonyl (C=O) groups excluding carboxylic acids is 1. The van der Waals surface area contributed by atoms with Gasteiger partial charge in [-0.05, 0) is 55.5 Å². The Balaban J connectivity index is 0.950. The van der Waals surface area contributed by atoms with Crippen LogP contribution in [0.4, 0.5) is 20.8 Å². The largest absolute Gasteiger partial charge is 0.488 e. The summed E-state index contributed by atoms with van der Waals surface area (Å²) in [4.78, 5) is 22.4. The second kappa shape index (κ2) is 10.2. The molecule has 0 spiro atoms. The van der Waals surface area contributed by atoms with Gasteiger partial charge >= 0.3 is 6.09 Å². The Labute approximate surface area is 225 Å². The molecule has 3 aliphatic heterocycles. The average Bonchev–Trinajstić information content (AvgIpc) is 3.46. The number of ether oxygens (including phenoxy) is 3. The lowest BCUT2D eigenvalue weighted by atomic mass is 10.1. The van der Waals surface area contributed by atoms with Crippen LogP contribution in [0.1, 0.15) is 17.5 Å². The first-order valence-corrected chi connectivity index (χ1v) is 14.6. The van der Waals surface area contributed by atoms with Crippen LogP contribution < -0.4 is 25.0 Å². The number of aromatic nitrogens is 2. The van der Waals surface area contributed by atoms with Gasteiger partial charge in [-0.3, -0.25) is 4.90 Å². The van der Waals surface area contributed by atoms with Crippen LogP contribution in [-0.2, 0) is 27.6 Å². The van der Waals surface area contributed by atoms with Crippen molar-refractivity contribution in [2.45, 2.75) is 31.5 Å². The maximum absolute atomic E-state index is 14.8. The van der Waals surface area contributed by atoms with Gasteiger partial charge in [0.05, 0.1) is 32.1 Å². The molecule has 12 nitrogen and oxygen atoms in total. The normalized spacial score (nSPS) is 22.5. The Kier molecular flexibility index (Phi) is 6.77. The number of sulfonamides is 1. The summed E-state index contributed by atoms with van der Waals surface area (Å²) < 4.78 is 55.8. The quantitative estimate of drug-likeness (QED) is 0.436. The fraction of sp³-hybridized carbons (Fsp3) is 0.480. The van der Waals surface area contributed by atoms with Crippen LogP contribution in [-0.4, -0.2) is 80.0 Å². The summed E-state index contributed by atoms with van der Waals surface area (Å²) in [6.07, 6.45) is 6.67. The molecule has 1 amide bonds. The first-order chi connectivity index (χ1) is 18.7. The zero-order valence-electron chi connectivity index (χ0n) is 21.3. The number of nitrogens with one attached hydrogen (secondary N) is 2. The van der Waals surface area contributed by atoms with Gasteiger partial charge in [-0.25, -0.2) is 27.6 Å². The van der Waals surface area contributed by atoms with Gasteiger partial charge in [-0.2, -0.15) is 4.31 Å². The number of hydrogen-bond donors (Lipinski definition) is 2. The average molecular weight is 561 g/mol. The number of hydrogen-bond acceptors (Lipinski definition) is 10. The Morgan fingerprint density at radius 3 is 2.92 bits per heavy atom. The van der Waals surface area contributed by atoms with Gasteiger partial charge in [0, 0.05) is 12.3 Å². The fourth-order valence-corrected chi connectivity index (χ4v) is 6.09. The van der Waals surface area contributed by atoms with E-state index in [1.165, 1.54) is 34.0 Å². The summed E-state index contributed by atoms with van der Waals surface area (Å²) in [6.45, 7) is 2.28.